The molecule has 0 bridgehead atoms. The predicted molar refractivity (Wildman–Crippen MR) is 175 cm³/mol. The Bertz CT molecular complexity index is 2300. The molecule has 0 spiro atoms. The molecule has 1 aromatic heterocycles. The lowest BCUT2D eigenvalue weighted by molar-refractivity contribution is 0.669. The molecule has 0 unspecified atom stereocenters. The van der Waals surface area contributed by atoms with Crippen molar-refractivity contribution < 1.29 is 4.42 Å². The summed E-state index contributed by atoms with van der Waals surface area (Å²) in [6.45, 7) is 0. The maximum atomic E-state index is 6.35. The lowest BCUT2D eigenvalue weighted by atomic mass is 9.92. The Morgan fingerprint density at radius 3 is 1.15 bits per heavy atom. The molecule has 1 heterocycles. The van der Waals surface area contributed by atoms with Crippen molar-refractivity contribution in [3.05, 3.63) is 146 Å². The lowest BCUT2D eigenvalue weighted by Crippen LogP contribution is -1.85. The second-order valence-electron chi connectivity index (χ2n) is 10.9. The molecule has 0 aliphatic rings. The van der Waals surface area contributed by atoms with Gasteiger partial charge in [0.15, 0.2) is 0 Å². The van der Waals surface area contributed by atoms with Gasteiger partial charge in [-0.15, -0.1) is 0 Å². The van der Waals surface area contributed by atoms with E-state index in [0.29, 0.717) is 0 Å². The van der Waals surface area contributed by atoms with E-state index in [0.717, 1.165) is 21.9 Å². The van der Waals surface area contributed by atoms with Crippen LogP contribution in [-0.4, -0.2) is 0 Å². The second kappa shape index (κ2) is 8.55. The Hall–Kier alpha value is -5.40. The molecule has 41 heavy (non-hydrogen) atoms. The molecule has 0 atom stereocenters. The van der Waals surface area contributed by atoms with Crippen LogP contribution in [0.2, 0.25) is 0 Å². The van der Waals surface area contributed by atoms with Gasteiger partial charge in [0.05, 0.1) is 0 Å². The topological polar surface area (TPSA) is 13.1 Å². The van der Waals surface area contributed by atoms with Crippen molar-refractivity contribution in [3.8, 4) is 22.3 Å². The van der Waals surface area contributed by atoms with Crippen LogP contribution in [0.3, 0.4) is 0 Å². The van der Waals surface area contributed by atoms with Crippen LogP contribution in [0, 0.1) is 0 Å². The molecule has 0 saturated carbocycles. The minimum absolute atomic E-state index is 0.911. The summed E-state index contributed by atoms with van der Waals surface area (Å²) >= 11 is 0. The molecule has 0 aliphatic carbocycles. The van der Waals surface area contributed by atoms with Gasteiger partial charge in [-0.2, -0.15) is 0 Å². The summed E-state index contributed by atoms with van der Waals surface area (Å²) in [5.41, 5.74) is 6.70. The van der Waals surface area contributed by atoms with Crippen LogP contribution in [-0.2, 0) is 0 Å². The zero-order valence-electron chi connectivity index (χ0n) is 22.3. The van der Waals surface area contributed by atoms with Gasteiger partial charge in [-0.3, -0.25) is 0 Å². The lowest BCUT2D eigenvalue weighted by Gasteiger charge is -2.11. The van der Waals surface area contributed by atoms with E-state index in [4.69, 9.17) is 4.42 Å². The molecule has 0 saturated heterocycles. The Kier molecular flexibility index (Phi) is 4.67. The highest BCUT2D eigenvalue weighted by Gasteiger charge is 2.14. The van der Waals surface area contributed by atoms with E-state index in [-0.39, 0.29) is 0 Å². The molecule has 9 aromatic rings. The predicted octanol–water partition coefficient (Wildman–Crippen LogP) is 11.5. The van der Waals surface area contributed by atoms with Crippen LogP contribution in [0.1, 0.15) is 0 Å². The fraction of sp³-hybridized carbons (Fsp3) is 0. The first-order chi connectivity index (χ1) is 20.3. The van der Waals surface area contributed by atoms with Crippen molar-refractivity contribution in [3.63, 3.8) is 0 Å². The van der Waals surface area contributed by atoms with Gasteiger partial charge >= 0.3 is 0 Å². The Morgan fingerprint density at radius 1 is 0.293 bits per heavy atom. The molecule has 0 fully saturated rings. The fourth-order valence-electron chi connectivity index (χ4n) is 6.70. The molecule has 0 radical (unpaired) electrons. The Balaban J connectivity index is 1.29. The van der Waals surface area contributed by atoms with E-state index in [2.05, 4.69) is 146 Å². The second-order valence-corrected chi connectivity index (χ2v) is 10.9. The number of benzene rings is 8. The number of fused-ring (bicyclic) bond motifs is 9. The maximum Gasteiger partial charge on any atom is 0.135 e. The van der Waals surface area contributed by atoms with Gasteiger partial charge in [0.1, 0.15) is 11.2 Å². The first-order valence-corrected chi connectivity index (χ1v) is 14.1. The minimum atomic E-state index is 0.911. The summed E-state index contributed by atoms with van der Waals surface area (Å²) < 4.78 is 6.35. The average Bonchev–Trinajstić information content (AvgIpc) is 3.41. The first-order valence-electron chi connectivity index (χ1n) is 14.1. The van der Waals surface area contributed by atoms with Crippen LogP contribution >= 0.6 is 0 Å². The number of rotatable bonds is 2. The third-order valence-corrected chi connectivity index (χ3v) is 8.63. The van der Waals surface area contributed by atoms with Gasteiger partial charge in [0.2, 0.25) is 0 Å². The van der Waals surface area contributed by atoms with Crippen LogP contribution in [0.5, 0.6) is 0 Å². The van der Waals surface area contributed by atoms with E-state index in [1.165, 1.54) is 65.3 Å². The van der Waals surface area contributed by atoms with Gasteiger partial charge in [0.25, 0.3) is 0 Å². The van der Waals surface area contributed by atoms with Crippen LogP contribution in [0.15, 0.2) is 150 Å². The monoisotopic (exact) mass is 520 g/mol. The zero-order valence-corrected chi connectivity index (χ0v) is 22.3. The summed E-state index contributed by atoms with van der Waals surface area (Å²) in [5.74, 6) is 0. The minimum Gasteiger partial charge on any atom is -0.456 e. The van der Waals surface area contributed by atoms with Crippen molar-refractivity contribution in [2.45, 2.75) is 0 Å². The van der Waals surface area contributed by atoms with Crippen LogP contribution < -0.4 is 0 Å². The van der Waals surface area contributed by atoms with Crippen LogP contribution in [0.4, 0.5) is 0 Å². The standard InChI is InChI=1S/C40H24O/c1-3-11-29-25(9-1)21-35(33-15-7-5-13-31(29)33)27-17-19-39-37(23-27)38-24-28(18-20-40(38)41-39)36-22-26-10-2-4-12-30(26)32-14-6-8-16-34(32)36/h1-24H. The average molecular weight is 521 g/mol. The maximum absolute atomic E-state index is 6.35. The SMILES string of the molecule is c1ccc2c(c1)cc(-c1ccc3oc4ccc(-c5cc6ccccc6c6ccccc56)cc4c3c1)c1ccccc12. The Labute approximate surface area is 236 Å². The van der Waals surface area contributed by atoms with Gasteiger partial charge in [-0.05, 0) is 102 Å². The molecule has 0 aliphatic heterocycles. The molecule has 9 rings (SSSR count). The van der Waals surface area contributed by atoms with Crippen molar-refractivity contribution in [1.82, 2.24) is 0 Å². The van der Waals surface area contributed by atoms with Gasteiger partial charge in [-0.1, -0.05) is 109 Å². The molecule has 8 aromatic carbocycles. The third-order valence-electron chi connectivity index (χ3n) is 8.63. The summed E-state index contributed by atoms with van der Waals surface area (Å²) in [7, 11) is 0. The molecule has 190 valence electrons. The largest absolute Gasteiger partial charge is 0.456 e. The van der Waals surface area contributed by atoms with Crippen molar-refractivity contribution in [2.24, 2.45) is 0 Å². The highest BCUT2D eigenvalue weighted by Crippen LogP contribution is 2.40. The normalized spacial score (nSPS) is 11.9. The number of hydrogen-bond donors (Lipinski definition) is 0. The highest BCUT2D eigenvalue weighted by atomic mass is 16.3. The summed E-state index contributed by atoms with van der Waals surface area (Å²) in [5, 5.41) is 12.5. The molecule has 1 heteroatoms. The van der Waals surface area contributed by atoms with Crippen molar-refractivity contribution in [2.75, 3.05) is 0 Å². The molecular weight excluding hydrogens is 496 g/mol. The van der Waals surface area contributed by atoms with E-state index in [9.17, 15) is 0 Å². The Morgan fingerprint density at radius 2 is 0.683 bits per heavy atom. The summed E-state index contributed by atoms with van der Waals surface area (Å²) in [6.07, 6.45) is 0. The van der Waals surface area contributed by atoms with E-state index in [1.807, 2.05) is 0 Å². The quantitative estimate of drug-likeness (QED) is 0.207. The highest BCUT2D eigenvalue weighted by molar-refractivity contribution is 6.17. The van der Waals surface area contributed by atoms with E-state index in [1.54, 1.807) is 0 Å². The van der Waals surface area contributed by atoms with Crippen molar-refractivity contribution in [1.29, 1.82) is 0 Å². The van der Waals surface area contributed by atoms with Gasteiger partial charge in [0, 0.05) is 10.8 Å². The fourth-order valence-corrected chi connectivity index (χ4v) is 6.70. The third kappa shape index (κ3) is 3.36. The smallest absolute Gasteiger partial charge is 0.135 e. The van der Waals surface area contributed by atoms with Gasteiger partial charge in [-0.25, -0.2) is 0 Å². The van der Waals surface area contributed by atoms with Gasteiger partial charge < -0.3 is 4.42 Å². The summed E-state index contributed by atoms with van der Waals surface area (Å²) in [6, 6.07) is 52.7. The number of furan rings is 1. The van der Waals surface area contributed by atoms with E-state index >= 15 is 0 Å². The first kappa shape index (κ1) is 22.4. The van der Waals surface area contributed by atoms with E-state index < -0.39 is 0 Å². The molecular formula is C40H24O. The number of hydrogen-bond acceptors (Lipinski definition) is 1. The van der Waals surface area contributed by atoms with Crippen LogP contribution in [0.25, 0.3) is 87.3 Å². The zero-order chi connectivity index (χ0) is 26.9. The molecule has 0 amide bonds. The molecule has 0 N–H and O–H groups in total. The molecule has 1 nitrogen and oxygen atoms in total. The summed E-state index contributed by atoms with van der Waals surface area (Å²) in [4.78, 5) is 0. The van der Waals surface area contributed by atoms with Crippen molar-refractivity contribution >= 4 is 65.0 Å².